The first-order valence-electron chi connectivity index (χ1n) is 7.25. The van der Waals surface area contributed by atoms with Gasteiger partial charge in [0.25, 0.3) is 0 Å². The Morgan fingerprint density at radius 1 is 1.37 bits per heavy atom. The van der Waals surface area contributed by atoms with Gasteiger partial charge >= 0.3 is 0 Å². The maximum Gasteiger partial charge on any atom is 0.237 e. The van der Waals surface area contributed by atoms with Crippen LogP contribution in [0.15, 0.2) is 0 Å². The molecule has 3 unspecified atom stereocenters. The van der Waals surface area contributed by atoms with E-state index in [9.17, 15) is 13.2 Å². The van der Waals surface area contributed by atoms with Gasteiger partial charge in [-0.2, -0.15) is 0 Å². The first-order chi connectivity index (χ1) is 9.03. The summed E-state index contributed by atoms with van der Waals surface area (Å²) in [5.74, 6) is 0.833. The highest BCUT2D eigenvalue weighted by Gasteiger charge is 2.32. The average molecular weight is 288 g/mol. The van der Waals surface area contributed by atoms with Crippen LogP contribution in [0.3, 0.4) is 0 Å². The highest BCUT2D eigenvalue weighted by atomic mass is 32.2. The van der Waals surface area contributed by atoms with Gasteiger partial charge in [0.1, 0.15) is 0 Å². The van der Waals surface area contributed by atoms with Crippen molar-refractivity contribution in [2.45, 2.75) is 50.3 Å². The van der Waals surface area contributed by atoms with Crippen molar-refractivity contribution in [2.24, 2.45) is 5.92 Å². The molecule has 5 nitrogen and oxygen atoms in total. The van der Waals surface area contributed by atoms with Gasteiger partial charge in [-0.1, -0.05) is 13.3 Å². The van der Waals surface area contributed by atoms with Crippen LogP contribution in [0.25, 0.3) is 0 Å². The molecular weight excluding hydrogens is 264 g/mol. The van der Waals surface area contributed by atoms with Gasteiger partial charge in [0.2, 0.25) is 5.91 Å². The minimum absolute atomic E-state index is 0.0414. The third-order valence-electron chi connectivity index (χ3n) is 4.37. The maximum absolute atomic E-state index is 12.1. The van der Waals surface area contributed by atoms with Crippen molar-refractivity contribution >= 4 is 15.7 Å². The smallest absolute Gasteiger partial charge is 0.237 e. The molecule has 3 atom stereocenters. The Hall–Kier alpha value is -0.620. The molecule has 6 heteroatoms. The summed E-state index contributed by atoms with van der Waals surface area (Å²) < 4.78 is 23.4. The molecule has 2 rings (SSSR count). The molecule has 2 aliphatic heterocycles. The Bertz CT molecular complexity index is 422. The fraction of sp³-hybridized carbons (Fsp3) is 0.923. The SMILES string of the molecule is CCC1CCNC(C(=O)NCC2CCCS2(=O)=O)C1. The predicted molar refractivity (Wildman–Crippen MR) is 74.6 cm³/mol. The monoisotopic (exact) mass is 288 g/mol. The van der Waals surface area contributed by atoms with Crippen LogP contribution in [-0.2, 0) is 14.6 Å². The quantitative estimate of drug-likeness (QED) is 0.788. The van der Waals surface area contributed by atoms with Crippen LogP contribution in [0.2, 0.25) is 0 Å². The van der Waals surface area contributed by atoms with Crippen LogP contribution >= 0.6 is 0 Å². The lowest BCUT2D eigenvalue weighted by atomic mass is 9.90. The molecule has 0 aliphatic carbocycles. The summed E-state index contributed by atoms with van der Waals surface area (Å²) >= 11 is 0. The minimum atomic E-state index is -2.96. The summed E-state index contributed by atoms with van der Waals surface area (Å²) in [5.41, 5.74) is 0. The molecule has 110 valence electrons. The average Bonchev–Trinajstić information content (AvgIpc) is 2.75. The molecule has 2 fully saturated rings. The van der Waals surface area contributed by atoms with Crippen molar-refractivity contribution in [2.75, 3.05) is 18.8 Å². The lowest BCUT2D eigenvalue weighted by molar-refractivity contribution is -0.124. The van der Waals surface area contributed by atoms with Crippen LogP contribution in [0.4, 0.5) is 0 Å². The summed E-state index contributed by atoms with van der Waals surface area (Å²) in [4.78, 5) is 12.1. The first-order valence-corrected chi connectivity index (χ1v) is 8.97. The number of carbonyl (C=O) groups is 1. The van der Waals surface area contributed by atoms with Crippen LogP contribution in [0, 0.1) is 5.92 Å². The molecule has 0 bridgehead atoms. The van der Waals surface area contributed by atoms with Gasteiger partial charge in [-0.05, 0) is 38.1 Å². The van der Waals surface area contributed by atoms with E-state index in [1.165, 1.54) is 0 Å². The number of hydrogen-bond acceptors (Lipinski definition) is 4. The van der Waals surface area contributed by atoms with Crippen molar-refractivity contribution in [3.63, 3.8) is 0 Å². The Kier molecular flexibility index (Phi) is 4.84. The molecule has 0 aromatic heterocycles. The van der Waals surface area contributed by atoms with Gasteiger partial charge in [0, 0.05) is 6.54 Å². The minimum Gasteiger partial charge on any atom is -0.353 e. The second-order valence-corrected chi connectivity index (χ2v) is 8.08. The summed E-state index contributed by atoms with van der Waals surface area (Å²) in [5, 5.41) is 5.66. The van der Waals surface area contributed by atoms with Crippen LogP contribution in [0.1, 0.15) is 39.0 Å². The van der Waals surface area contributed by atoms with Crippen molar-refractivity contribution in [3.05, 3.63) is 0 Å². The lowest BCUT2D eigenvalue weighted by Crippen LogP contribution is -2.50. The van der Waals surface area contributed by atoms with E-state index in [2.05, 4.69) is 17.6 Å². The number of carbonyl (C=O) groups excluding carboxylic acids is 1. The molecule has 0 spiro atoms. The maximum atomic E-state index is 12.1. The zero-order valence-corrected chi connectivity index (χ0v) is 12.3. The second-order valence-electron chi connectivity index (χ2n) is 5.68. The van der Waals surface area contributed by atoms with E-state index in [0.717, 1.165) is 32.2 Å². The predicted octanol–water partition coefficient (Wildman–Crippen LogP) is 0.458. The molecule has 2 saturated heterocycles. The van der Waals surface area contributed by atoms with E-state index < -0.39 is 9.84 Å². The molecule has 0 radical (unpaired) electrons. The molecule has 19 heavy (non-hydrogen) atoms. The fourth-order valence-electron chi connectivity index (χ4n) is 2.99. The van der Waals surface area contributed by atoms with Gasteiger partial charge in [-0.25, -0.2) is 8.42 Å². The fourth-order valence-corrected chi connectivity index (χ4v) is 4.76. The van der Waals surface area contributed by atoms with E-state index in [0.29, 0.717) is 12.3 Å². The lowest BCUT2D eigenvalue weighted by Gasteiger charge is -2.29. The van der Waals surface area contributed by atoms with Crippen LogP contribution < -0.4 is 10.6 Å². The standard InChI is InChI=1S/C13H24N2O3S/c1-2-10-5-6-14-12(8-10)13(16)15-9-11-4-3-7-19(11,17)18/h10-12,14H,2-9H2,1H3,(H,15,16). The second kappa shape index (κ2) is 6.22. The molecule has 0 saturated carbocycles. The van der Waals surface area contributed by atoms with Crippen molar-refractivity contribution in [1.29, 1.82) is 0 Å². The Morgan fingerprint density at radius 3 is 2.79 bits per heavy atom. The molecule has 1 amide bonds. The Morgan fingerprint density at radius 2 is 2.16 bits per heavy atom. The number of piperidine rings is 1. The molecular formula is C13H24N2O3S. The largest absolute Gasteiger partial charge is 0.353 e. The zero-order valence-electron chi connectivity index (χ0n) is 11.5. The van der Waals surface area contributed by atoms with E-state index in [1.807, 2.05) is 0 Å². The number of rotatable bonds is 4. The number of hydrogen-bond donors (Lipinski definition) is 2. The Balaban J connectivity index is 1.81. The molecule has 0 aromatic carbocycles. The van der Waals surface area contributed by atoms with Crippen molar-refractivity contribution < 1.29 is 13.2 Å². The molecule has 2 N–H and O–H groups in total. The van der Waals surface area contributed by atoms with Gasteiger partial charge in [0.15, 0.2) is 9.84 Å². The van der Waals surface area contributed by atoms with Gasteiger partial charge in [-0.15, -0.1) is 0 Å². The van der Waals surface area contributed by atoms with Gasteiger partial charge < -0.3 is 10.6 Å². The van der Waals surface area contributed by atoms with E-state index in [-0.39, 0.29) is 29.5 Å². The van der Waals surface area contributed by atoms with Crippen LogP contribution in [0.5, 0.6) is 0 Å². The number of amides is 1. The zero-order chi connectivity index (χ0) is 13.9. The van der Waals surface area contributed by atoms with Crippen molar-refractivity contribution in [3.8, 4) is 0 Å². The molecule has 0 aromatic rings. The Labute approximate surface area is 115 Å². The third kappa shape index (κ3) is 3.69. The van der Waals surface area contributed by atoms with Crippen LogP contribution in [-0.4, -0.2) is 44.5 Å². The third-order valence-corrected chi connectivity index (χ3v) is 6.65. The van der Waals surface area contributed by atoms with E-state index >= 15 is 0 Å². The van der Waals surface area contributed by atoms with Crippen molar-refractivity contribution in [1.82, 2.24) is 10.6 Å². The summed E-state index contributed by atoms with van der Waals surface area (Å²) in [6.45, 7) is 3.30. The highest BCUT2D eigenvalue weighted by molar-refractivity contribution is 7.92. The number of nitrogens with one attached hydrogen (secondary N) is 2. The van der Waals surface area contributed by atoms with E-state index in [4.69, 9.17) is 0 Å². The van der Waals surface area contributed by atoms with Gasteiger partial charge in [0.05, 0.1) is 17.0 Å². The summed E-state index contributed by atoms with van der Waals surface area (Å²) in [7, 11) is -2.96. The molecule has 2 aliphatic rings. The number of sulfone groups is 1. The molecule has 2 heterocycles. The topological polar surface area (TPSA) is 75.3 Å². The van der Waals surface area contributed by atoms with Gasteiger partial charge in [-0.3, -0.25) is 4.79 Å². The summed E-state index contributed by atoms with van der Waals surface area (Å²) in [6, 6.07) is -0.150. The summed E-state index contributed by atoms with van der Waals surface area (Å²) in [6.07, 6.45) is 4.49. The van der Waals surface area contributed by atoms with E-state index in [1.54, 1.807) is 0 Å². The highest BCUT2D eigenvalue weighted by Crippen LogP contribution is 2.21. The normalized spacial score (nSPS) is 34.1. The first kappa shape index (κ1) is 14.8.